The molecule has 2 amide bonds. The number of alkyl halides is 3. The fourth-order valence-electron chi connectivity index (χ4n) is 5.09. The van der Waals surface area contributed by atoms with Gasteiger partial charge in [0.2, 0.25) is 0 Å². The van der Waals surface area contributed by atoms with Crippen molar-refractivity contribution in [3.05, 3.63) is 56.7 Å². The molecule has 2 saturated heterocycles. The van der Waals surface area contributed by atoms with Gasteiger partial charge in [0.15, 0.2) is 0 Å². The molecular weight excluding hydrogens is 624 g/mol. The van der Waals surface area contributed by atoms with Crippen LogP contribution in [0.2, 0.25) is 15.2 Å². The summed E-state index contributed by atoms with van der Waals surface area (Å²) < 4.78 is 42.3. The molecule has 41 heavy (non-hydrogen) atoms. The van der Waals surface area contributed by atoms with Gasteiger partial charge in [-0.15, -0.1) is 0 Å². The minimum absolute atomic E-state index is 0.0997. The van der Waals surface area contributed by atoms with Gasteiger partial charge >= 0.3 is 6.18 Å². The fraction of sp³-hybridized carbons (Fsp3) is 0.519. The minimum atomic E-state index is -5.26. The van der Waals surface area contributed by atoms with Crippen LogP contribution >= 0.6 is 46.6 Å². The molecule has 0 saturated carbocycles. The lowest BCUT2D eigenvalue weighted by atomic mass is 9.90. The van der Waals surface area contributed by atoms with E-state index in [4.69, 9.17) is 34.8 Å². The maximum atomic E-state index is 14.1. The second kappa shape index (κ2) is 12.8. The first-order valence-electron chi connectivity index (χ1n) is 13.0. The highest BCUT2D eigenvalue weighted by Crippen LogP contribution is 2.43. The number of carbonyl (C=O) groups excluding carboxylic acids is 2. The first-order chi connectivity index (χ1) is 19.2. The zero-order valence-corrected chi connectivity index (χ0v) is 25.5. The van der Waals surface area contributed by atoms with Gasteiger partial charge < -0.3 is 19.8 Å². The van der Waals surface area contributed by atoms with Crippen LogP contribution in [0.1, 0.15) is 41.6 Å². The number of hydrogen-bond acceptors (Lipinski definition) is 6. The molecule has 4 rings (SSSR count). The molecule has 2 fully saturated rings. The number of aliphatic hydroxyl groups is 1. The average Bonchev–Trinajstić information content (AvgIpc) is 2.91. The van der Waals surface area contributed by atoms with Gasteiger partial charge in [-0.2, -0.15) is 24.9 Å². The Morgan fingerprint density at radius 2 is 1.49 bits per heavy atom. The third-order valence-electron chi connectivity index (χ3n) is 7.35. The lowest BCUT2D eigenvalue weighted by Crippen LogP contribution is -2.57. The number of amides is 2. The first kappa shape index (κ1) is 32.0. The van der Waals surface area contributed by atoms with Crippen molar-refractivity contribution >= 4 is 64.2 Å². The molecule has 3 heterocycles. The Bertz CT molecular complexity index is 1270. The monoisotopic (exact) mass is 652 g/mol. The van der Waals surface area contributed by atoms with Crippen LogP contribution in [0, 0.1) is 0 Å². The number of likely N-dealkylation sites (tertiary alicyclic amines) is 1. The second-order valence-electron chi connectivity index (χ2n) is 10.4. The van der Waals surface area contributed by atoms with Gasteiger partial charge in [0.1, 0.15) is 11.0 Å². The number of hydrogen-bond donors (Lipinski definition) is 1. The summed E-state index contributed by atoms with van der Waals surface area (Å²) in [5, 5.41) is 11.2. The maximum Gasteiger partial charge on any atom is 0.430 e. The predicted molar refractivity (Wildman–Crippen MR) is 156 cm³/mol. The zero-order valence-electron chi connectivity index (χ0n) is 22.4. The lowest BCUT2D eigenvalue weighted by Gasteiger charge is -2.40. The highest BCUT2D eigenvalue weighted by molar-refractivity contribution is 8.00. The standard InChI is InChI=1S/C27H30Cl3F3N4O3S/c1-35(2)24(38)21-3-4-22(34-23(21)30)36-9-5-19(6-10-36)41-20-7-11-37(12-8-20)25(39)26(40,27(31,32)33)16-13-17(28)15-18(29)14-16/h3-4,13-15,19-20,40H,5-12H2,1-2H3. The van der Waals surface area contributed by atoms with Gasteiger partial charge in [0.25, 0.3) is 17.4 Å². The van der Waals surface area contributed by atoms with Crippen molar-refractivity contribution in [2.24, 2.45) is 0 Å². The smallest absolute Gasteiger partial charge is 0.368 e. The van der Waals surface area contributed by atoms with E-state index in [9.17, 15) is 27.9 Å². The second-order valence-corrected chi connectivity index (χ2v) is 13.2. The van der Waals surface area contributed by atoms with Crippen molar-refractivity contribution < 1.29 is 27.9 Å². The van der Waals surface area contributed by atoms with E-state index in [1.807, 2.05) is 0 Å². The lowest BCUT2D eigenvalue weighted by molar-refractivity contribution is -0.262. The Hall–Kier alpha value is -1.92. The van der Waals surface area contributed by atoms with Crippen molar-refractivity contribution in [2.45, 2.75) is 48.0 Å². The normalized spacial score (nSPS) is 18.8. The third-order valence-corrected chi connectivity index (χ3v) is 9.79. The largest absolute Gasteiger partial charge is 0.430 e. The number of carbonyl (C=O) groups is 2. The molecule has 7 nitrogen and oxygen atoms in total. The van der Waals surface area contributed by atoms with Gasteiger partial charge in [0, 0.05) is 66.4 Å². The molecular formula is C27H30Cl3F3N4O3S. The van der Waals surface area contributed by atoms with E-state index in [1.165, 1.54) is 11.0 Å². The molecule has 2 aliphatic rings. The number of thioether (sulfide) groups is 1. The summed E-state index contributed by atoms with van der Waals surface area (Å²) >= 11 is 19.8. The van der Waals surface area contributed by atoms with Gasteiger partial charge in [0.05, 0.1) is 5.56 Å². The van der Waals surface area contributed by atoms with Crippen molar-refractivity contribution in [2.75, 3.05) is 45.2 Å². The Morgan fingerprint density at radius 3 is 1.98 bits per heavy atom. The molecule has 1 atom stereocenters. The number of anilines is 1. The van der Waals surface area contributed by atoms with Crippen molar-refractivity contribution in [3.8, 4) is 0 Å². The molecule has 0 bridgehead atoms. The van der Waals surface area contributed by atoms with Crippen molar-refractivity contribution in [1.29, 1.82) is 0 Å². The Labute approximate surface area is 255 Å². The summed E-state index contributed by atoms with van der Waals surface area (Å²) in [4.78, 5) is 34.4. The van der Waals surface area contributed by atoms with E-state index in [2.05, 4.69) is 9.88 Å². The van der Waals surface area contributed by atoms with E-state index in [0.29, 0.717) is 29.5 Å². The van der Waals surface area contributed by atoms with Crippen LogP contribution < -0.4 is 4.90 Å². The van der Waals surface area contributed by atoms with Crippen LogP contribution in [0.25, 0.3) is 0 Å². The zero-order chi connectivity index (χ0) is 30.1. The SMILES string of the molecule is CN(C)C(=O)c1ccc(N2CCC(SC3CCN(C(=O)C(O)(c4cc(Cl)cc(Cl)c4)C(F)(F)F)CC3)CC2)nc1Cl. The average molecular weight is 654 g/mol. The number of rotatable bonds is 6. The summed E-state index contributed by atoms with van der Waals surface area (Å²) in [7, 11) is 3.30. The molecule has 224 valence electrons. The number of benzene rings is 1. The van der Waals surface area contributed by atoms with E-state index < -0.39 is 23.2 Å². The van der Waals surface area contributed by atoms with Gasteiger partial charge in [-0.25, -0.2) is 4.98 Å². The molecule has 14 heteroatoms. The summed E-state index contributed by atoms with van der Waals surface area (Å²) in [6, 6.07) is 6.53. The predicted octanol–water partition coefficient (Wildman–Crippen LogP) is 5.89. The quantitative estimate of drug-likeness (QED) is 0.392. The van der Waals surface area contributed by atoms with Crippen LogP contribution in [-0.4, -0.2) is 88.7 Å². The molecule has 1 aromatic heterocycles. The molecule has 0 aliphatic carbocycles. The van der Waals surface area contributed by atoms with E-state index >= 15 is 0 Å². The molecule has 1 N–H and O–H groups in total. The van der Waals surface area contributed by atoms with E-state index in [0.717, 1.165) is 43.0 Å². The van der Waals surface area contributed by atoms with Gasteiger partial charge in [-0.1, -0.05) is 34.8 Å². The molecule has 2 aliphatic heterocycles. The third kappa shape index (κ3) is 7.01. The molecule has 1 unspecified atom stereocenters. The number of pyridine rings is 1. The van der Waals surface area contributed by atoms with Crippen molar-refractivity contribution in [3.63, 3.8) is 0 Å². The Balaban J connectivity index is 1.32. The van der Waals surface area contributed by atoms with Crippen LogP contribution in [0.3, 0.4) is 0 Å². The van der Waals surface area contributed by atoms with E-state index in [-0.39, 0.29) is 39.4 Å². The maximum absolute atomic E-state index is 14.1. The van der Waals surface area contributed by atoms with E-state index in [1.54, 1.807) is 38.0 Å². The highest BCUT2D eigenvalue weighted by Gasteiger charge is 2.62. The summed E-state index contributed by atoms with van der Waals surface area (Å²) in [5.74, 6) is -0.933. The van der Waals surface area contributed by atoms with Crippen LogP contribution in [0.15, 0.2) is 30.3 Å². The summed E-state index contributed by atoms with van der Waals surface area (Å²) in [6.07, 6.45) is -2.48. The number of aromatic nitrogens is 1. The minimum Gasteiger partial charge on any atom is -0.368 e. The number of halogens is 6. The van der Waals surface area contributed by atoms with Crippen molar-refractivity contribution in [1.82, 2.24) is 14.8 Å². The number of piperidine rings is 2. The molecule has 0 spiro atoms. The molecule has 1 aromatic carbocycles. The van der Waals surface area contributed by atoms with Crippen LogP contribution in [-0.2, 0) is 10.4 Å². The van der Waals surface area contributed by atoms with Gasteiger partial charge in [-0.3, -0.25) is 9.59 Å². The van der Waals surface area contributed by atoms with Gasteiger partial charge in [-0.05, 0) is 56.0 Å². The summed E-state index contributed by atoms with van der Waals surface area (Å²) in [6.45, 7) is 1.70. The Kier molecular flexibility index (Phi) is 9.95. The first-order valence-corrected chi connectivity index (χ1v) is 15.1. The topological polar surface area (TPSA) is 77.0 Å². The van der Waals surface area contributed by atoms with Crippen LogP contribution in [0.4, 0.5) is 19.0 Å². The number of nitrogens with zero attached hydrogens (tertiary/aromatic N) is 4. The van der Waals surface area contributed by atoms with Crippen LogP contribution in [0.5, 0.6) is 0 Å². The fourth-order valence-corrected chi connectivity index (χ4v) is 7.36. The highest BCUT2D eigenvalue weighted by atomic mass is 35.5. The molecule has 0 radical (unpaired) electrons. The molecule has 2 aromatic rings. The summed E-state index contributed by atoms with van der Waals surface area (Å²) in [5.41, 5.74) is -4.10. The Morgan fingerprint density at radius 1 is 0.951 bits per heavy atom.